The standard InChI is InChI=1S/C18H15N5O2/c1-12-19-8-9-23(12)14-6-4-13(5-7-14)20-18(24)16-11-15(21-22-16)17-3-2-10-25-17/h2-11H,1H3,(H,20,24)(H,21,22). The van der Waals surface area contributed by atoms with Crippen LogP contribution in [0.25, 0.3) is 17.1 Å². The highest BCUT2D eigenvalue weighted by atomic mass is 16.3. The Hall–Kier alpha value is -3.61. The summed E-state index contributed by atoms with van der Waals surface area (Å²) in [5, 5.41) is 9.65. The molecule has 7 heteroatoms. The van der Waals surface area contributed by atoms with Crippen molar-refractivity contribution in [2.24, 2.45) is 0 Å². The molecule has 0 atom stereocenters. The molecule has 3 aromatic heterocycles. The van der Waals surface area contributed by atoms with Gasteiger partial charge in [-0.25, -0.2) is 4.98 Å². The highest BCUT2D eigenvalue weighted by molar-refractivity contribution is 6.03. The minimum atomic E-state index is -0.291. The van der Waals surface area contributed by atoms with E-state index in [1.807, 2.05) is 42.0 Å². The Bertz CT molecular complexity index is 996. The number of hydrogen-bond donors (Lipinski definition) is 2. The van der Waals surface area contributed by atoms with Gasteiger partial charge in [-0.05, 0) is 43.3 Å². The molecule has 0 aliphatic carbocycles. The summed E-state index contributed by atoms with van der Waals surface area (Å²) in [6.07, 6.45) is 5.21. The molecule has 2 N–H and O–H groups in total. The smallest absolute Gasteiger partial charge is 0.276 e. The van der Waals surface area contributed by atoms with Crippen molar-refractivity contribution in [2.45, 2.75) is 6.92 Å². The van der Waals surface area contributed by atoms with E-state index in [1.165, 1.54) is 0 Å². The van der Waals surface area contributed by atoms with Crippen molar-refractivity contribution in [1.29, 1.82) is 0 Å². The van der Waals surface area contributed by atoms with Gasteiger partial charge in [-0.2, -0.15) is 5.10 Å². The number of benzene rings is 1. The first-order valence-electron chi connectivity index (χ1n) is 7.72. The van der Waals surface area contributed by atoms with E-state index in [-0.39, 0.29) is 5.91 Å². The summed E-state index contributed by atoms with van der Waals surface area (Å²) in [7, 11) is 0. The number of H-pyrrole nitrogens is 1. The van der Waals surface area contributed by atoms with Crippen molar-refractivity contribution >= 4 is 11.6 Å². The van der Waals surface area contributed by atoms with Crippen LogP contribution in [0.4, 0.5) is 5.69 Å². The van der Waals surface area contributed by atoms with E-state index in [1.54, 1.807) is 30.7 Å². The third kappa shape index (κ3) is 2.94. The van der Waals surface area contributed by atoms with Crippen molar-refractivity contribution in [1.82, 2.24) is 19.7 Å². The van der Waals surface area contributed by atoms with Gasteiger partial charge in [0, 0.05) is 29.8 Å². The van der Waals surface area contributed by atoms with Gasteiger partial charge in [0.15, 0.2) is 11.5 Å². The lowest BCUT2D eigenvalue weighted by molar-refractivity contribution is 0.102. The molecule has 0 aliphatic heterocycles. The maximum atomic E-state index is 12.3. The lowest BCUT2D eigenvalue weighted by Gasteiger charge is -2.07. The summed E-state index contributed by atoms with van der Waals surface area (Å²) in [5.74, 6) is 1.24. The Labute approximate surface area is 143 Å². The highest BCUT2D eigenvalue weighted by Crippen LogP contribution is 2.19. The van der Waals surface area contributed by atoms with Crippen molar-refractivity contribution < 1.29 is 9.21 Å². The second kappa shape index (κ2) is 6.12. The number of nitrogens with one attached hydrogen (secondary N) is 2. The minimum absolute atomic E-state index is 0.291. The molecule has 7 nitrogen and oxygen atoms in total. The molecule has 25 heavy (non-hydrogen) atoms. The third-order valence-corrected chi connectivity index (χ3v) is 3.83. The van der Waals surface area contributed by atoms with Crippen LogP contribution >= 0.6 is 0 Å². The first kappa shape index (κ1) is 14.9. The fourth-order valence-electron chi connectivity index (χ4n) is 2.55. The second-order valence-electron chi connectivity index (χ2n) is 5.49. The van der Waals surface area contributed by atoms with Gasteiger partial charge in [0.05, 0.1) is 6.26 Å². The molecule has 0 bridgehead atoms. The molecular weight excluding hydrogens is 318 g/mol. The summed E-state index contributed by atoms with van der Waals surface area (Å²) < 4.78 is 7.25. The Morgan fingerprint density at radius 3 is 2.76 bits per heavy atom. The molecule has 0 saturated heterocycles. The first-order valence-corrected chi connectivity index (χ1v) is 7.72. The maximum absolute atomic E-state index is 12.3. The van der Waals surface area contributed by atoms with Gasteiger partial charge in [0.1, 0.15) is 11.5 Å². The molecule has 1 amide bonds. The fraction of sp³-hybridized carbons (Fsp3) is 0.0556. The van der Waals surface area contributed by atoms with Gasteiger partial charge in [-0.1, -0.05) is 0 Å². The van der Waals surface area contributed by atoms with E-state index in [2.05, 4.69) is 20.5 Å². The van der Waals surface area contributed by atoms with Gasteiger partial charge < -0.3 is 14.3 Å². The van der Waals surface area contributed by atoms with Gasteiger partial charge in [0.2, 0.25) is 0 Å². The van der Waals surface area contributed by atoms with Crippen LogP contribution in [-0.4, -0.2) is 25.7 Å². The molecule has 0 fully saturated rings. The summed E-state index contributed by atoms with van der Waals surface area (Å²) in [5.41, 5.74) is 2.61. The van der Waals surface area contributed by atoms with Gasteiger partial charge >= 0.3 is 0 Å². The van der Waals surface area contributed by atoms with Crippen LogP contribution in [0.3, 0.4) is 0 Å². The monoisotopic (exact) mass is 333 g/mol. The van der Waals surface area contributed by atoms with E-state index < -0.39 is 0 Å². The van der Waals surface area contributed by atoms with Crippen LogP contribution in [0.2, 0.25) is 0 Å². The van der Waals surface area contributed by atoms with E-state index >= 15 is 0 Å². The zero-order valence-corrected chi connectivity index (χ0v) is 13.4. The molecule has 0 radical (unpaired) electrons. The van der Waals surface area contributed by atoms with Crippen molar-refractivity contribution in [3.05, 3.63) is 72.6 Å². The summed E-state index contributed by atoms with van der Waals surface area (Å²) in [6, 6.07) is 12.7. The van der Waals surface area contributed by atoms with Crippen LogP contribution < -0.4 is 5.32 Å². The average molecular weight is 333 g/mol. The van der Waals surface area contributed by atoms with E-state index in [0.29, 0.717) is 22.8 Å². The average Bonchev–Trinajstić information content (AvgIpc) is 3.36. The molecule has 0 spiro atoms. The lowest BCUT2D eigenvalue weighted by atomic mass is 10.2. The zero-order valence-electron chi connectivity index (χ0n) is 13.4. The first-order chi connectivity index (χ1) is 12.2. The number of furan rings is 1. The number of aryl methyl sites for hydroxylation is 1. The van der Waals surface area contributed by atoms with Crippen LogP contribution in [0.5, 0.6) is 0 Å². The number of anilines is 1. The number of aromatic nitrogens is 4. The number of amides is 1. The molecule has 4 aromatic rings. The normalized spacial score (nSPS) is 10.8. The number of hydrogen-bond acceptors (Lipinski definition) is 4. The van der Waals surface area contributed by atoms with Crippen LogP contribution in [-0.2, 0) is 0 Å². The molecule has 0 unspecified atom stereocenters. The van der Waals surface area contributed by atoms with Gasteiger partial charge in [-0.3, -0.25) is 9.89 Å². The van der Waals surface area contributed by atoms with Crippen LogP contribution in [0.1, 0.15) is 16.3 Å². The van der Waals surface area contributed by atoms with E-state index in [0.717, 1.165) is 11.5 Å². The fourth-order valence-corrected chi connectivity index (χ4v) is 2.55. The Balaban J connectivity index is 1.49. The quantitative estimate of drug-likeness (QED) is 0.599. The van der Waals surface area contributed by atoms with Gasteiger partial charge in [-0.15, -0.1) is 0 Å². The topological polar surface area (TPSA) is 88.7 Å². The minimum Gasteiger partial charge on any atom is -0.463 e. The van der Waals surface area contributed by atoms with Crippen LogP contribution in [0, 0.1) is 6.92 Å². The number of aromatic amines is 1. The molecule has 4 rings (SSSR count). The third-order valence-electron chi connectivity index (χ3n) is 3.83. The van der Waals surface area contributed by atoms with Gasteiger partial charge in [0.25, 0.3) is 5.91 Å². The summed E-state index contributed by atoms with van der Waals surface area (Å²) >= 11 is 0. The molecular formula is C18H15N5O2. The predicted octanol–water partition coefficient (Wildman–Crippen LogP) is 3.42. The predicted molar refractivity (Wildman–Crippen MR) is 92.5 cm³/mol. The lowest BCUT2D eigenvalue weighted by Crippen LogP contribution is -2.12. The molecule has 124 valence electrons. The van der Waals surface area contributed by atoms with Crippen molar-refractivity contribution in [3.63, 3.8) is 0 Å². The molecule has 0 saturated carbocycles. The van der Waals surface area contributed by atoms with Crippen molar-refractivity contribution in [3.8, 4) is 17.1 Å². The number of rotatable bonds is 4. The second-order valence-corrected chi connectivity index (χ2v) is 5.49. The highest BCUT2D eigenvalue weighted by Gasteiger charge is 2.13. The van der Waals surface area contributed by atoms with E-state index in [4.69, 9.17) is 4.42 Å². The number of imidazole rings is 1. The maximum Gasteiger partial charge on any atom is 0.276 e. The number of nitrogens with zero attached hydrogens (tertiary/aromatic N) is 3. The molecule has 1 aromatic carbocycles. The number of carbonyl (C=O) groups excluding carboxylic acids is 1. The summed E-state index contributed by atoms with van der Waals surface area (Å²) in [4.78, 5) is 16.5. The van der Waals surface area contributed by atoms with E-state index in [9.17, 15) is 4.79 Å². The summed E-state index contributed by atoms with van der Waals surface area (Å²) in [6.45, 7) is 1.93. The molecule has 3 heterocycles. The Morgan fingerprint density at radius 2 is 2.08 bits per heavy atom. The number of carbonyl (C=O) groups is 1. The van der Waals surface area contributed by atoms with Crippen molar-refractivity contribution in [2.75, 3.05) is 5.32 Å². The SMILES string of the molecule is Cc1nccn1-c1ccc(NC(=O)c2cc(-c3ccco3)[nH]n2)cc1. The molecule has 0 aliphatic rings. The zero-order chi connectivity index (χ0) is 17.2. The Kier molecular flexibility index (Phi) is 3.66. The van der Waals surface area contributed by atoms with Crippen LogP contribution in [0.15, 0.2) is 65.5 Å². The largest absolute Gasteiger partial charge is 0.463 e. The Morgan fingerprint density at radius 1 is 1.24 bits per heavy atom.